The topological polar surface area (TPSA) is 59.0 Å². The molecule has 22 heavy (non-hydrogen) atoms. The fourth-order valence-corrected chi connectivity index (χ4v) is 2.55. The fourth-order valence-electron chi connectivity index (χ4n) is 2.55. The van der Waals surface area contributed by atoms with Gasteiger partial charge in [0, 0.05) is 0 Å². The number of carbonyl (C=O) groups is 1. The second-order valence-electron chi connectivity index (χ2n) is 7.32. The molecule has 0 aliphatic carbocycles. The Morgan fingerprint density at radius 3 is 2.68 bits per heavy atom. The van der Waals surface area contributed by atoms with Gasteiger partial charge in [0.05, 0.1) is 18.7 Å². The van der Waals surface area contributed by atoms with Gasteiger partial charge in [0.15, 0.2) is 0 Å². The van der Waals surface area contributed by atoms with E-state index in [2.05, 4.69) is 0 Å². The zero-order valence-corrected chi connectivity index (χ0v) is 13.9. The lowest BCUT2D eigenvalue weighted by atomic mass is 10.0. The third-order valence-electron chi connectivity index (χ3n) is 3.31. The molecule has 0 bridgehead atoms. The van der Waals surface area contributed by atoms with Crippen molar-refractivity contribution in [3.63, 3.8) is 0 Å². The van der Waals surface area contributed by atoms with Gasteiger partial charge in [0.1, 0.15) is 17.5 Å². The first kappa shape index (κ1) is 16.6. The van der Waals surface area contributed by atoms with Crippen molar-refractivity contribution in [1.82, 2.24) is 4.90 Å². The number of phenolic OH excluding ortho intramolecular Hbond substituents is 1. The number of nitrogens with zero attached hydrogens (tertiary/aromatic N) is 1. The Bertz CT molecular complexity index is 548. The van der Waals surface area contributed by atoms with Crippen LogP contribution in [0.5, 0.6) is 5.75 Å². The van der Waals surface area contributed by atoms with Gasteiger partial charge in [-0.2, -0.15) is 0 Å². The highest BCUT2D eigenvalue weighted by Gasteiger charge is 2.38. The van der Waals surface area contributed by atoms with Crippen LogP contribution in [0.25, 0.3) is 0 Å². The zero-order valence-electron chi connectivity index (χ0n) is 13.9. The summed E-state index contributed by atoms with van der Waals surface area (Å²) in [6.07, 6.45) is -0.627. The summed E-state index contributed by atoms with van der Waals surface area (Å²) < 4.78 is 11.5. The van der Waals surface area contributed by atoms with Crippen molar-refractivity contribution in [3.8, 4) is 5.75 Å². The Kier molecular flexibility index (Phi) is 4.38. The fraction of sp³-hybridized carbons (Fsp3) is 0.588. The quantitative estimate of drug-likeness (QED) is 0.863. The van der Waals surface area contributed by atoms with E-state index in [4.69, 9.17) is 9.47 Å². The van der Waals surface area contributed by atoms with E-state index in [0.717, 1.165) is 5.56 Å². The van der Waals surface area contributed by atoms with Crippen LogP contribution in [0.4, 0.5) is 4.79 Å². The van der Waals surface area contributed by atoms with Gasteiger partial charge in [-0.25, -0.2) is 4.79 Å². The van der Waals surface area contributed by atoms with Crippen LogP contribution >= 0.6 is 0 Å². The second-order valence-corrected chi connectivity index (χ2v) is 7.32. The molecular formula is C17H25NO4. The van der Waals surface area contributed by atoms with Crippen molar-refractivity contribution in [2.45, 2.75) is 51.9 Å². The first-order valence-electron chi connectivity index (χ1n) is 7.50. The largest absolute Gasteiger partial charge is 0.508 e. The summed E-state index contributed by atoms with van der Waals surface area (Å²) >= 11 is 0. The number of aromatic hydroxyl groups is 1. The van der Waals surface area contributed by atoms with E-state index in [0.29, 0.717) is 13.1 Å². The molecule has 0 spiro atoms. The number of phenols is 1. The van der Waals surface area contributed by atoms with Crippen LogP contribution in [0, 0.1) is 0 Å². The van der Waals surface area contributed by atoms with Crippen LogP contribution in [0.3, 0.4) is 0 Å². The van der Waals surface area contributed by atoms with Gasteiger partial charge in [-0.1, -0.05) is 12.1 Å². The van der Waals surface area contributed by atoms with Crippen LogP contribution in [0.2, 0.25) is 0 Å². The Balaban J connectivity index is 2.18. The van der Waals surface area contributed by atoms with Crippen molar-refractivity contribution in [3.05, 3.63) is 29.8 Å². The van der Waals surface area contributed by atoms with E-state index in [1.807, 2.05) is 40.7 Å². The number of hydrogen-bond donors (Lipinski definition) is 1. The molecule has 2 rings (SSSR count). The summed E-state index contributed by atoms with van der Waals surface area (Å²) in [4.78, 5) is 14.0. The maximum atomic E-state index is 12.3. The van der Waals surface area contributed by atoms with E-state index < -0.39 is 11.2 Å². The van der Waals surface area contributed by atoms with E-state index in [9.17, 15) is 9.90 Å². The van der Waals surface area contributed by atoms with Crippen LogP contribution in [0.1, 0.15) is 46.3 Å². The van der Waals surface area contributed by atoms with Gasteiger partial charge in [0.2, 0.25) is 0 Å². The number of rotatable bonds is 1. The Morgan fingerprint density at radius 2 is 2.09 bits per heavy atom. The molecule has 1 unspecified atom stereocenters. The maximum absolute atomic E-state index is 12.3. The normalized spacial score (nSPS) is 21.5. The Hall–Kier alpha value is -1.75. The lowest BCUT2D eigenvalue weighted by Gasteiger charge is -2.43. The predicted molar refractivity (Wildman–Crippen MR) is 83.8 cm³/mol. The minimum Gasteiger partial charge on any atom is -0.508 e. The average Bonchev–Trinajstić information content (AvgIpc) is 2.34. The number of carbonyl (C=O) groups excluding carboxylic acids is 1. The van der Waals surface area contributed by atoms with Crippen LogP contribution in [-0.4, -0.2) is 40.4 Å². The molecule has 122 valence electrons. The highest BCUT2D eigenvalue weighted by atomic mass is 16.6. The van der Waals surface area contributed by atoms with E-state index >= 15 is 0 Å². The number of ether oxygens (including phenoxy) is 2. The summed E-state index contributed by atoms with van der Waals surface area (Å²) in [6, 6.07) is 6.94. The smallest absolute Gasteiger partial charge is 0.410 e. The molecule has 1 aromatic carbocycles. The molecule has 0 radical (unpaired) electrons. The maximum Gasteiger partial charge on any atom is 0.410 e. The highest BCUT2D eigenvalue weighted by molar-refractivity contribution is 5.68. The number of hydrogen-bond acceptors (Lipinski definition) is 4. The number of amides is 1. The molecule has 1 aliphatic rings. The lowest BCUT2D eigenvalue weighted by Crippen LogP contribution is -2.52. The summed E-state index contributed by atoms with van der Waals surface area (Å²) in [5.74, 6) is 0.188. The molecule has 1 fully saturated rings. The molecule has 1 amide bonds. The summed E-state index contributed by atoms with van der Waals surface area (Å²) in [5, 5.41) is 9.64. The zero-order chi connectivity index (χ0) is 16.5. The number of morpholine rings is 1. The molecule has 1 heterocycles. The molecule has 0 aromatic heterocycles. The van der Waals surface area contributed by atoms with E-state index in [1.54, 1.807) is 23.1 Å². The average molecular weight is 307 g/mol. The van der Waals surface area contributed by atoms with Crippen LogP contribution in [-0.2, 0) is 9.47 Å². The molecule has 1 atom stereocenters. The van der Waals surface area contributed by atoms with Crippen molar-refractivity contribution in [2.75, 3.05) is 13.1 Å². The van der Waals surface area contributed by atoms with E-state index in [-0.39, 0.29) is 17.9 Å². The van der Waals surface area contributed by atoms with Gasteiger partial charge < -0.3 is 19.5 Å². The third-order valence-corrected chi connectivity index (χ3v) is 3.31. The SMILES string of the molecule is CC(C)(C)OC(=O)N1CC(c2cccc(O)c2)OC(C)(C)C1. The van der Waals surface area contributed by atoms with Crippen molar-refractivity contribution < 1.29 is 19.4 Å². The predicted octanol–water partition coefficient (Wildman–Crippen LogP) is 3.48. The molecule has 5 nitrogen and oxygen atoms in total. The standard InChI is InChI=1S/C17H25NO4/c1-16(2,3)22-15(20)18-10-14(21-17(4,5)11-18)12-7-6-8-13(19)9-12/h6-9,14,19H,10-11H2,1-5H3. The van der Waals surface area contributed by atoms with E-state index in [1.165, 1.54) is 0 Å². The van der Waals surface area contributed by atoms with Gasteiger partial charge in [0.25, 0.3) is 0 Å². The Morgan fingerprint density at radius 1 is 1.41 bits per heavy atom. The molecule has 5 heteroatoms. The molecule has 1 aliphatic heterocycles. The van der Waals surface area contributed by atoms with Gasteiger partial charge >= 0.3 is 6.09 Å². The second kappa shape index (κ2) is 5.80. The third kappa shape index (κ3) is 4.37. The van der Waals surface area contributed by atoms with Crippen LogP contribution < -0.4 is 0 Å². The van der Waals surface area contributed by atoms with Crippen molar-refractivity contribution in [2.24, 2.45) is 0 Å². The molecule has 0 saturated carbocycles. The molecule has 1 aromatic rings. The molecular weight excluding hydrogens is 282 g/mol. The minimum absolute atomic E-state index is 0.188. The summed E-state index contributed by atoms with van der Waals surface area (Å²) in [5.41, 5.74) is -0.160. The van der Waals surface area contributed by atoms with Gasteiger partial charge in [-0.15, -0.1) is 0 Å². The summed E-state index contributed by atoms with van der Waals surface area (Å²) in [7, 11) is 0. The van der Waals surface area contributed by atoms with Crippen molar-refractivity contribution in [1.29, 1.82) is 0 Å². The molecule has 1 saturated heterocycles. The van der Waals surface area contributed by atoms with Gasteiger partial charge in [-0.05, 0) is 52.3 Å². The first-order valence-corrected chi connectivity index (χ1v) is 7.50. The monoisotopic (exact) mass is 307 g/mol. The number of benzene rings is 1. The first-order chi connectivity index (χ1) is 10.1. The minimum atomic E-state index is -0.528. The molecule has 1 N–H and O–H groups in total. The summed E-state index contributed by atoms with van der Waals surface area (Å²) in [6.45, 7) is 10.3. The lowest BCUT2D eigenvalue weighted by molar-refractivity contribution is -0.136. The van der Waals surface area contributed by atoms with Crippen LogP contribution in [0.15, 0.2) is 24.3 Å². The Labute approximate surface area is 131 Å². The van der Waals surface area contributed by atoms with Gasteiger partial charge in [-0.3, -0.25) is 0 Å². The highest BCUT2D eigenvalue weighted by Crippen LogP contribution is 2.32. The van der Waals surface area contributed by atoms with Crippen molar-refractivity contribution >= 4 is 6.09 Å².